The molecule has 6 rings (SSSR count). The van der Waals surface area contributed by atoms with Crippen molar-refractivity contribution in [3.8, 4) is 16.9 Å². The fourth-order valence-corrected chi connectivity index (χ4v) is 7.95. The number of aliphatic hydroxyl groups excluding tert-OH is 1. The first kappa shape index (κ1) is 29.6. The first-order valence-corrected chi connectivity index (χ1v) is 14.7. The van der Waals surface area contributed by atoms with Crippen molar-refractivity contribution in [2.45, 2.75) is 37.1 Å². The van der Waals surface area contributed by atoms with Crippen LogP contribution in [-0.2, 0) is 32.1 Å². The van der Waals surface area contributed by atoms with Gasteiger partial charge in [0, 0.05) is 31.6 Å². The molecule has 1 amide bonds. The zero-order valence-electron chi connectivity index (χ0n) is 24.2. The molecule has 0 radical (unpaired) electrons. The average molecular weight is 592 g/mol. The van der Waals surface area contributed by atoms with Gasteiger partial charge in [-0.2, -0.15) is 0 Å². The van der Waals surface area contributed by atoms with E-state index in [1.807, 2.05) is 18.2 Å². The summed E-state index contributed by atoms with van der Waals surface area (Å²) in [7, 11) is 3.25. The molecule has 228 valence electrons. The zero-order chi connectivity index (χ0) is 30.8. The van der Waals surface area contributed by atoms with Gasteiger partial charge in [0.25, 0.3) is 0 Å². The van der Waals surface area contributed by atoms with Gasteiger partial charge in [-0.05, 0) is 67.2 Å². The highest BCUT2D eigenvalue weighted by Crippen LogP contribution is 2.52. The maximum Gasteiger partial charge on any atom is 0.230 e. The number of phenols is 1. The summed E-state index contributed by atoms with van der Waals surface area (Å²) >= 11 is 0. The van der Waals surface area contributed by atoms with E-state index in [0.717, 1.165) is 36.3 Å². The minimum Gasteiger partial charge on any atom is -0.507 e. The van der Waals surface area contributed by atoms with Crippen molar-refractivity contribution in [2.24, 2.45) is 29.4 Å². The fraction of sp³-hybridized carbons (Fsp3) is 0.500. The number of hydrogen-bond acceptors (Lipinski definition) is 10. The summed E-state index contributed by atoms with van der Waals surface area (Å²) in [5.41, 5.74) is 6.09. The Morgan fingerprint density at radius 3 is 2.51 bits per heavy atom. The fourth-order valence-electron chi connectivity index (χ4n) is 7.95. The predicted molar refractivity (Wildman–Crippen MR) is 154 cm³/mol. The number of nitrogens with zero attached hydrogens (tertiary/aromatic N) is 2. The molecule has 3 aliphatic carbocycles. The summed E-state index contributed by atoms with van der Waals surface area (Å²) in [6.45, 7) is 3.79. The minimum atomic E-state index is -2.68. The molecule has 3 fully saturated rings. The third kappa shape index (κ3) is 4.61. The number of primary amides is 1. The molecule has 5 N–H and O–H groups in total. The van der Waals surface area contributed by atoms with Crippen LogP contribution in [0.1, 0.15) is 27.9 Å². The Bertz CT molecular complexity index is 1500. The number of ether oxygens (including phenoxy) is 1. The van der Waals surface area contributed by atoms with Crippen LogP contribution in [0.2, 0.25) is 0 Å². The normalized spacial score (nSPS) is 32.7. The van der Waals surface area contributed by atoms with E-state index >= 15 is 0 Å². The van der Waals surface area contributed by atoms with Crippen LogP contribution in [0.25, 0.3) is 11.1 Å². The number of carbonyl (C=O) groups is 4. The summed E-state index contributed by atoms with van der Waals surface area (Å²) < 4.78 is 5.46. The van der Waals surface area contributed by atoms with Crippen LogP contribution in [0.15, 0.2) is 36.4 Å². The van der Waals surface area contributed by atoms with Gasteiger partial charge in [0.1, 0.15) is 11.7 Å². The van der Waals surface area contributed by atoms with Crippen LogP contribution >= 0.6 is 0 Å². The number of amides is 1. The van der Waals surface area contributed by atoms with Crippen LogP contribution in [0.4, 0.5) is 0 Å². The van der Waals surface area contributed by atoms with Gasteiger partial charge in [0.2, 0.25) is 5.91 Å². The van der Waals surface area contributed by atoms with E-state index in [4.69, 9.17) is 10.5 Å². The van der Waals surface area contributed by atoms with E-state index in [2.05, 4.69) is 11.0 Å². The second kappa shape index (κ2) is 10.9. The van der Waals surface area contributed by atoms with Gasteiger partial charge in [0.05, 0.1) is 30.8 Å². The van der Waals surface area contributed by atoms with Crippen molar-refractivity contribution in [3.05, 3.63) is 53.1 Å². The lowest BCUT2D eigenvalue weighted by atomic mass is 9.52. The molecule has 0 bridgehead atoms. The molecule has 11 nitrogen and oxygen atoms in total. The van der Waals surface area contributed by atoms with Gasteiger partial charge in [-0.25, -0.2) is 0 Å². The summed E-state index contributed by atoms with van der Waals surface area (Å²) in [5.74, 6) is -9.12. The summed E-state index contributed by atoms with van der Waals surface area (Å²) in [4.78, 5) is 57.7. The Morgan fingerprint density at radius 2 is 1.84 bits per heavy atom. The molecule has 2 aromatic rings. The minimum absolute atomic E-state index is 0.00614. The molecule has 2 aromatic carbocycles. The van der Waals surface area contributed by atoms with Crippen LogP contribution < -0.4 is 5.73 Å². The van der Waals surface area contributed by atoms with Crippen LogP contribution in [-0.4, -0.2) is 107 Å². The number of benzene rings is 2. The quantitative estimate of drug-likeness (QED) is 0.351. The second-order valence-electron chi connectivity index (χ2n) is 12.5. The van der Waals surface area contributed by atoms with Crippen molar-refractivity contribution in [3.63, 3.8) is 0 Å². The standard InChI is InChI=1S/C32H37N3O8/c1-34(2)26-21-14-18-13-20-19(17-5-3-4-16(12-17)15-35-8-10-43-11-9-35)6-7-22(36)24(20)27(37)23(18)29(39)32(21,42)30(40)25(28(26)38)31(33)41/h3-7,12,18,21,23,25-26,28,36,38,42H,8-11,13-15H2,1-2H3,(H2,33,41)/t18-,21-,23?,25?,26-,28?,32-/m1/s1. The Kier molecular flexibility index (Phi) is 7.50. The van der Waals surface area contributed by atoms with Crippen LogP contribution in [0.3, 0.4) is 0 Å². The molecule has 1 aliphatic heterocycles. The first-order valence-electron chi connectivity index (χ1n) is 14.7. The highest BCUT2D eigenvalue weighted by molar-refractivity contribution is 6.25. The molecule has 11 heteroatoms. The Labute approximate surface area is 249 Å². The first-order chi connectivity index (χ1) is 20.4. The van der Waals surface area contributed by atoms with Crippen molar-refractivity contribution in [2.75, 3.05) is 40.4 Å². The summed E-state index contributed by atoms with van der Waals surface area (Å²) in [6, 6.07) is 10.3. The Balaban J connectivity index is 1.40. The largest absolute Gasteiger partial charge is 0.507 e. The lowest BCUT2D eigenvalue weighted by molar-refractivity contribution is -0.190. The van der Waals surface area contributed by atoms with Gasteiger partial charge < -0.3 is 30.7 Å². The molecule has 1 saturated heterocycles. The number of hydrogen-bond donors (Lipinski definition) is 4. The Morgan fingerprint density at radius 1 is 1.12 bits per heavy atom. The number of rotatable bonds is 5. The highest BCUT2D eigenvalue weighted by atomic mass is 16.5. The molecule has 43 heavy (non-hydrogen) atoms. The summed E-state index contributed by atoms with van der Waals surface area (Å²) in [5, 5.41) is 33.7. The van der Waals surface area contributed by atoms with Crippen LogP contribution in [0.5, 0.6) is 5.75 Å². The van der Waals surface area contributed by atoms with Crippen molar-refractivity contribution in [1.29, 1.82) is 0 Å². The lowest BCUT2D eigenvalue weighted by Crippen LogP contribution is -2.75. The highest BCUT2D eigenvalue weighted by Gasteiger charge is 2.69. The molecule has 0 spiro atoms. The van der Waals surface area contributed by atoms with E-state index in [1.54, 1.807) is 25.1 Å². The molecule has 7 atom stereocenters. The van der Waals surface area contributed by atoms with Crippen molar-refractivity contribution < 1.29 is 39.2 Å². The van der Waals surface area contributed by atoms with Gasteiger partial charge in [0.15, 0.2) is 23.0 Å². The molecular formula is C32H37N3O8. The van der Waals surface area contributed by atoms with Gasteiger partial charge >= 0.3 is 0 Å². The van der Waals surface area contributed by atoms with Crippen molar-refractivity contribution >= 4 is 23.3 Å². The average Bonchev–Trinajstić information content (AvgIpc) is 2.95. The van der Waals surface area contributed by atoms with E-state index < -0.39 is 64.7 Å². The number of aromatic hydroxyl groups is 1. The van der Waals surface area contributed by atoms with Crippen molar-refractivity contribution in [1.82, 2.24) is 9.80 Å². The zero-order valence-corrected chi connectivity index (χ0v) is 24.2. The van der Waals surface area contributed by atoms with E-state index in [9.17, 15) is 34.5 Å². The topological polar surface area (TPSA) is 171 Å². The van der Waals surface area contributed by atoms with E-state index in [0.29, 0.717) is 18.8 Å². The maximum absolute atomic E-state index is 14.1. The number of carbonyl (C=O) groups excluding carboxylic acids is 4. The number of morpholine rings is 1. The number of phenolic OH excluding ortho intramolecular Hbond substituents is 1. The summed E-state index contributed by atoms with van der Waals surface area (Å²) in [6.07, 6.45) is -1.22. The number of fused-ring (bicyclic) bond motifs is 3. The third-order valence-corrected chi connectivity index (χ3v) is 9.92. The van der Waals surface area contributed by atoms with E-state index in [-0.39, 0.29) is 24.2 Å². The lowest BCUT2D eigenvalue weighted by Gasteiger charge is -2.54. The molecule has 4 aliphatic rings. The molecule has 3 unspecified atom stereocenters. The molecular weight excluding hydrogens is 554 g/mol. The van der Waals surface area contributed by atoms with Crippen LogP contribution in [0, 0.1) is 23.7 Å². The monoisotopic (exact) mass is 591 g/mol. The number of aliphatic hydroxyl groups is 2. The number of Topliss-reactive ketones (excluding diaryl/α,β-unsaturated/α-hetero) is 3. The smallest absolute Gasteiger partial charge is 0.230 e. The molecule has 2 saturated carbocycles. The predicted octanol–water partition coefficient (Wildman–Crippen LogP) is 0.158. The van der Waals surface area contributed by atoms with Gasteiger partial charge in [-0.3, -0.25) is 24.1 Å². The van der Waals surface area contributed by atoms with Gasteiger partial charge in [-0.1, -0.05) is 24.3 Å². The third-order valence-electron chi connectivity index (χ3n) is 9.92. The Hall–Kier alpha value is -3.48. The maximum atomic E-state index is 14.1. The SMILES string of the molecule is CN(C)[C@H]1C(O)C(C(N)=O)C(=O)[C@]2(O)C(=O)C3C(=O)c4c(O)ccc(-c5cccc(CN6CCOCC6)c5)c4C[C@@H]3C[C@H]12. The van der Waals surface area contributed by atoms with E-state index in [1.165, 1.54) is 6.07 Å². The second-order valence-corrected chi connectivity index (χ2v) is 12.5. The molecule has 1 heterocycles. The number of nitrogens with two attached hydrogens (primary N) is 1. The van der Waals surface area contributed by atoms with Gasteiger partial charge in [-0.15, -0.1) is 0 Å². The number of likely N-dealkylation sites (N-methyl/N-ethyl adjacent to an activating group) is 1. The molecule has 0 aromatic heterocycles. The number of ketones is 3.